The molecule has 2 unspecified atom stereocenters. The van der Waals surface area contributed by atoms with Crippen LogP contribution in [0, 0.1) is 13.8 Å². The first-order valence-corrected chi connectivity index (χ1v) is 8.38. The van der Waals surface area contributed by atoms with Gasteiger partial charge in [-0.3, -0.25) is 0 Å². The molecule has 0 saturated heterocycles. The third-order valence-corrected chi connectivity index (χ3v) is 4.66. The quantitative estimate of drug-likeness (QED) is 0.727. The van der Waals surface area contributed by atoms with E-state index in [4.69, 9.17) is 0 Å². The van der Waals surface area contributed by atoms with Crippen LogP contribution in [0.3, 0.4) is 0 Å². The maximum absolute atomic E-state index is 10.6. The number of benzene rings is 2. The highest BCUT2D eigenvalue weighted by molar-refractivity contribution is 5.37. The van der Waals surface area contributed by atoms with Crippen LogP contribution < -0.4 is 0 Å². The van der Waals surface area contributed by atoms with Crippen molar-refractivity contribution in [2.24, 2.45) is 0 Å². The fourth-order valence-corrected chi connectivity index (χ4v) is 2.81. The lowest BCUT2D eigenvalue weighted by Gasteiger charge is -2.16. The molecule has 0 aliphatic rings. The summed E-state index contributed by atoms with van der Waals surface area (Å²) in [6.07, 6.45) is 3.21. The van der Waals surface area contributed by atoms with E-state index >= 15 is 0 Å². The molecular formula is C21H28O. The molecule has 0 saturated carbocycles. The number of aryl methyl sites for hydroxylation is 2. The average Bonchev–Trinajstić information content (AvgIpc) is 2.54. The fourth-order valence-electron chi connectivity index (χ4n) is 2.81. The van der Waals surface area contributed by atoms with Gasteiger partial charge in [0.1, 0.15) is 6.10 Å². The van der Waals surface area contributed by atoms with Crippen molar-refractivity contribution in [2.45, 2.75) is 59.0 Å². The number of rotatable bonds is 6. The number of aliphatic hydroxyl groups is 1. The fraction of sp³-hybridized carbons (Fsp3) is 0.429. The van der Waals surface area contributed by atoms with Crippen LogP contribution in [0.15, 0.2) is 42.5 Å². The summed E-state index contributed by atoms with van der Waals surface area (Å²) in [4.78, 5) is 0. The normalized spacial score (nSPS) is 13.9. The predicted octanol–water partition coefficient (Wildman–Crippen LogP) is 5.68. The molecule has 0 heterocycles. The summed E-state index contributed by atoms with van der Waals surface area (Å²) in [5.41, 5.74) is 5.78. The molecule has 0 fully saturated rings. The van der Waals surface area contributed by atoms with E-state index in [1.807, 2.05) is 6.07 Å². The third kappa shape index (κ3) is 3.98. The lowest BCUT2D eigenvalue weighted by molar-refractivity contribution is 0.220. The second-order valence-corrected chi connectivity index (χ2v) is 6.46. The molecule has 2 rings (SSSR count). The Kier molecular flexibility index (Phi) is 5.79. The van der Waals surface area contributed by atoms with Crippen LogP contribution in [0.1, 0.15) is 72.9 Å². The first-order valence-electron chi connectivity index (χ1n) is 8.38. The monoisotopic (exact) mass is 296 g/mol. The van der Waals surface area contributed by atoms with Gasteiger partial charge in [0, 0.05) is 0 Å². The minimum atomic E-state index is -0.542. The van der Waals surface area contributed by atoms with E-state index in [0.29, 0.717) is 5.92 Å². The second kappa shape index (κ2) is 7.60. The van der Waals surface area contributed by atoms with Crippen molar-refractivity contribution in [3.05, 3.63) is 70.3 Å². The van der Waals surface area contributed by atoms with Crippen molar-refractivity contribution < 1.29 is 5.11 Å². The van der Waals surface area contributed by atoms with Gasteiger partial charge in [-0.2, -0.15) is 0 Å². The number of hydrogen-bond acceptors (Lipinski definition) is 1. The molecule has 0 bridgehead atoms. The van der Waals surface area contributed by atoms with Gasteiger partial charge < -0.3 is 5.11 Å². The van der Waals surface area contributed by atoms with Crippen LogP contribution in [0.4, 0.5) is 0 Å². The van der Waals surface area contributed by atoms with Gasteiger partial charge in [0.2, 0.25) is 0 Å². The summed E-state index contributed by atoms with van der Waals surface area (Å²) in [5.74, 6) is 0.591. The summed E-state index contributed by atoms with van der Waals surface area (Å²) in [6, 6.07) is 14.6. The molecule has 1 nitrogen and oxygen atoms in total. The zero-order valence-electron chi connectivity index (χ0n) is 14.3. The van der Waals surface area contributed by atoms with Gasteiger partial charge in [0.15, 0.2) is 0 Å². The smallest absolute Gasteiger partial charge is 0.104 e. The Hall–Kier alpha value is -1.60. The largest absolute Gasteiger partial charge is 0.384 e. The molecule has 118 valence electrons. The van der Waals surface area contributed by atoms with Crippen molar-refractivity contribution in [1.82, 2.24) is 0 Å². The van der Waals surface area contributed by atoms with Crippen LogP contribution in [-0.2, 0) is 0 Å². The molecule has 0 aromatic heterocycles. The lowest BCUT2D eigenvalue weighted by Crippen LogP contribution is -2.01. The van der Waals surface area contributed by atoms with Gasteiger partial charge in [-0.15, -0.1) is 0 Å². The number of aliphatic hydroxyl groups excluding tert-OH is 1. The lowest BCUT2D eigenvalue weighted by atomic mass is 9.92. The van der Waals surface area contributed by atoms with Gasteiger partial charge in [0.25, 0.3) is 0 Å². The molecule has 2 aromatic rings. The zero-order valence-corrected chi connectivity index (χ0v) is 14.3. The minimum absolute atomic E-state index is 0.542. The molecule has 0 spiro atoms. The zero-order chi connectivity index (χ0) is 16.1. The van der Waals surface area contributed by atoms with Crippen LogP contribution in [0.25, 0.3) is 0 Å². The summed E-state index contributed by atoms with van der Waals surface area (Å²) < 4.78 is 0. The van der Waals surface area contributed by atoms with Crippen LogP contribution in [0.2, 0.25) is 0 Å². The van der Waals surface area contributed by atoms with Crippen molar-refractivity contribution in [2.75, 3.05) is 0 Å². The summed E-state index contributed by atoms with van der Waals surface area (Å²) in [6.45, 7) is 8.70. The highest BCUT2D eigenvalue weighted by atomic mass is 16.3. The highest BCUT2D eigenvalue weighted by Gasteiger charge is 2.12. The first kappa shape index (κ1) is 16.8. The van der Waals surface area contributed by atoms with Crippen molar-refractivity contribution in [3.8, 4) is 0 Å². The minimum Gasteiger partial charge on any atom is -0.384 e. The predicted molar refractivity (Wildman–Crippen MR) is 94.4 cm³/mol. The van der Waals surface area contributed by atoms with Crippen molar-refractivity contribution in [3.63, 3.8) is 0 Å². The van der Waals surface area contributed by atoms with Gasteiger partial charge in [0.05, 0.1) is 0 Å². The van der Waals surface area contributed by atoms with Gasteiger partial charge in [-0.05, 0) is 54.0 Å². The summed E-state index contributed by atoms with van der Waals surface area (Å²) >= 11 is 0. The van der Waals surface area contributed by atoms with Gasteiger partial charge in [-0.1, -0.05) is 69.2 Å². The Morgan fingerprint density at radius 1 is 0.864 bits per heavy atom. The van der Waals surface area contributed by atoms with E-state index in [0.717, 1.165) is 11.1 Å². The van der Waals surface area contributed by atoms with E-state index in [2.05, 4.69) is 64.1 Å². The molecule has 1 heteroatoms. The first-order chi connectivity index (χ1) is 10.5. The Balaban J connectivity index is 2.13. The standard InChI is InChI=1S/C21H28O/c1-5-6-7-16(3)18-10-12-19(13-11-18)21(22)20-9-8-15(2)17(4)14-20/h8-14,16,21-22H,5-7H2,1-4H3. The van der Waals surface area contributed by atoms with Crippen LogP contribution in [0.5, 0.6) is 0 Å². The molecule has 0 radical (unpaired) electrons. The molecule has 0 amide bonds. The Labute approximate surface area is 135 Å². The SMILES string of the molecule is CCCCC(C)c1ccc(C(O)c2ccc(C)c(C)c2)cc1. The molecule has 2 aromatic carbocycles. The maximum Gasteiger partial charge on any atom is 0.104 e. The van der Waals surface area contributed by atoms with E-state index in [9.17, 15) is 5.11 Å². The number of hydrogen-bond donors (Lipinski definition) is 1. The highest BCUT2D eigenvalue weighted by Crippen LogP contribution is 2.27. The second-order valence-electron chi connectivity index (χ2n) is 6.46. The van der Waals surface area contributed by atoms with Gasteiger partial charge >= 0.3 is 0 Å². The number of unbranched alkanes of at least 4 members (excludes halogenated alkanes) is 1. The summed E-state index contributed by atoms with van der Waals surface area (Å²) in [7, 11) is 0. The van der Waals surface area contributed by atoms with Gasteiger partial charge in [-0.25, -0.2) is 0 Å². The molecule has 0 aliphatic carbocycles. The van der Waals surface area contributed by atoms with Crippen LogP contribution in [-0.4, -0.2) is 5.11 Å². The van der Waals surface area contributed by atoms with Crippen molar-refractivity contribution >= 4 is 0 Å². The molecule has 1 N–H and O–H groups in total. The molecular weight excluding hydrogens is 268 g/mol. The van der Waals surface area contributed by atoms with Crippen molar-refractivity contribution in [1.29, 1.82) is 0 Å². The van der Waals surface area contributed by atoms with E-state index in [1.54, 1.807) is 0 Å². The molecule has 0 aliphatic heterocycles. The third-order valence-electron chi connectivity index (χ3n) is 4.66. The molecule has 2 atom stereocenters. The Bertz CT molecular complexity index is 598. The maximum atomic E-state index is 10.6. The van der Waals surface area contributed by atoms with Crippen LogP contribution >= 0.6 is 0 Å². The Morgan fingerprint density at radius 2 is 1.45 bits per heavy atom. The van der Waals surface area contributed by atoms with E-state index < -0.39 is 6.10 Å². The average molecular weight is 296 g/mol. The molecule has 22 heavy (non-hydrogen) atoms. The van der Waals surface area contributed by atoms with E-state index in [1.165, 1.54) is 36.0 Å². The van der Waals surface area contributed by atoms with E-state index in [-0.39, 0.29) is 0 Å². The Morgan fingerprint density at radius 3 is 2.05 bits per heavy atom. The summed E-state index contributed by atoms with van der Waals surface area (Å²) in [5, 5.41) is 10.6. The topological polar surface area (TPSA) is 20.2 Å².